The van der Waals surface area contributed by atoms with E-state index in [-0.39, 0.29) is 0 Å². The molecule has 3 aromatic carbocycles. The maximum absolute atomic E-state index is 6.35. The summed E-state index contributed by atoms with van der Waals surface area (Å²) in [5.41, 5.74) is 9.31. The molecule has 162 valence electrons. The summed E-state index contributed by atoms with van der Waals surface area (Å²) >= 11 is 0. The second-order valence-corrected chi connectivity index (χ2v) is 8.28. The zero-order valence-electron chi connectivity index (χ0n) is 19.1. The molecule has 2 aliphatic heterocycles. The van der Waals surface area contributed by atoms with Crippen LogP contribution in [0.25, 0.3) is 16.9 Å². The van der Waals surface area contributed by atoms with Crippen LogP contribution in [0.2, 0.25) is 0 Å². The summed E-state index contributed by atoms with van der Waals surface area (Å²) < 4.78 is 6.35. The lowest BCUT2D eigenvalue weighted by Gasteiger charge is -2.18. The zero-order valence-corrected chi connectivity index (χ0v) is 19.1. The molecule has 0 bridgehead atoms. The average molecular weight is 430 g/mol. The smallest absolute Gasteiger partial charge is 0.135 e. The molecule has 0 amide bonds. The predicted octanol–water partition coefficient (Wildman–Crippen LogP) is 7.95. The van der Waals surface area contributed by atoms with Gasteiger partial charge in [0.15, 0.2) is 0 Å². The summed E-state index contributed by atoms with van der Waals surface area (Å²) in [6.45, 7) is 4.35. The molecule has 0 fully saturated rings. The summed E-state index contributed by atoms with van der Waals surface area (Å²) in [4.78, 5) is 4.51. The van der Waals surface area contributed by atoms with Crippen molar-refractivity contribution in [3.63, 3.8) is 0 Å². The summed E-state index contributed by atoms with van der Waals surface area (Å²) in [7, 11) is 0. The SMILES string of the molecule is CCc1ccc(C2=C/C(=C\C=C3/C=Nc4ccccc43)OC(c3ccc(CC)cc3)=C2)cc1. The van der Waals surface area contributed by atoms with E-state index in [1.807, 2.05) is 30.5 Å². The Bertz CT molecular complexity index is 1320. The number of aliphatic imine (C=N–C) groups is 1. The Kier molecular flexibility index (Phi) is 5.91. The number of benzene rings is 3. The number of ether oxygens (including phenoxy) is 1. The first-order valence-corrected chi connectivity index (χ1v) is 11.6. The van der Waals surface area contributed by atoms with Crippen molar-refractivity contribution >= 4 is 28.8 Å². The van der Waals surface area contributed by atoms with Gasteiger partial charge in [0.1, 0.15) is 11.5 Å². The van der Waals surface area contributed by atoms with Crippen LogP contribution in [0.1, 0.15) is 41.7 Å². The number of hydrogen-bond donors (Lipinski definition) is 0. The topological polar surface area (TPSA) is 21.6 Å². The fraction of sp³-hybridized carbons (Fsp3) is 0.129. The highest BCUT2D eigenvalue weighted by Gasteiger charge is 2.15. The van der Waals surface area contributed by atoms with Crippen LogP contribution in [0.4, 0.5) is 5.69 Å². The first-order valence-electron chi connectivity index (χ1n) is 11.6. The number of fused-ring (bicyclic) bond motifs is 1. The van der Waals surface area contributed by atoms with E-state index in [2.05, 4.69) is 91.7 Å². The average Bonchev–Trinajstić information content (AvgIpc) is 3.30. The molecule has 0 atom stereocenters. The number of hydrogen-bond acceptors (Lipinski definition) is 2. The fourth-order valence-corrected chi connectivity index (χ4v) is 4.09. The van der Waals surface area contributed by atoms with Crippen LogP contribution in [0, 0.1) is 0 Å². The molecular weight excluding hydrogens is 402 g/mol. The van der Waals surface area contributed by atoms with Crippen molar-refractivity contribution in [1.82, 2.24) is 0 Å². The van der Waals surface area contributed by atoms with Gasteiger partial charge in [-0.25, -0.2) is 0 Å². The molecule has 0 spiro atoms. The van der Waals surface area contributed by atoms with E-state index in [9.17, 15) is 0 Å². The van der Waals surface area contributed by atoms with E-state index < -0.39 is 0 Å². The van der Waals surface area contributed by atoms with Crippen molar-refractivity contribution in [2.75, 3.05) is 0 Å². The lowest BCUT2D eigenvalue weighted by molar-refractivity contribution is 0.398. The van der Waals surface area contributed by atoms with Crippen LogP contribution in [0.5, 0.6) is 0 Å². The van der Waals surface area contributed by atoms with Gasteiger partial charge in [0.05, 0.1) is 5.69 Å². The lowest BCUT2D eigenvalue weighted by Crippen LogP contribution is -1.99. The van der Waals surface area contributed by atoms with Crippen LogP contribution >= 0.6 is 0 Å². The monoisotopic (exact) mass is 429 g/mol. The zero-order chi connectivity index (χ0) is 22.6. The van der Waals surface area contributed by atoms with Crippen LogP contribution in [-0.2, 0) is 17.6 Å². The van der Waals surface area contributed by atoms with Gasteiger partial charge in [-0.1, -0.05) is 80.6 Å². The molecule has 3 aromatic rings. The van der Waals surface area contributed by atoms with Gasteiger partial charge in [-0.05, 0) is 65.5 Å². The second-order valence-electron chi connectivity index (χ2n) is 8.28. The Balaban J connectivity index is 1.52. The van der Waals surface area contributed by atoms with Gasteiger partial charge >= 0.3 is 0 Å². The maximum Gasteiger partial charge on any atom is 0.135 e. The van der Waals surface area contributed by atoms with E-state index in [4.69, 9.17) is 4.74 Å². The molecule has 0 unspecified atom stereocenters. The van der Waals surface area contributed by atoms with Gasteiger partial charge in [0.2, 0.25) is 0 Å². The van der Waals surface area contributed by atoms with Crippen molar-refractivity contribution in [3.05, 3.63) is 131 Å². The van der Waals surface area contributed by atoms with Crippen molar-refractivity contribution in [2.24, 2.45) is 4.99 Å². The summed E-state index contributed by atoms with van der Waals surface area (Å²) in [5, 5.41) is 0. The van der Waals surface area contributed by atoms with E-state index in [1.54, 1.807) is 0 Å². The van der Waals surface area contributed by atoms with E-state index in [0.717, 1.165) is 52.3 Å². The Morgan fingerprint density at radius 3 is 2.09 bits per heavy atom. The largest absolute Gasteiger partial charge is 0.457 e. The minimum Gasteiger partial charge on any atom is -0.457 e. The van der Waals surface area contributed by atoms with Crippen molar-refractivity contribution in [1.29, 1.82) is 0 Å². The highest BCUT2D eigenvalue weighted by molar-refractivity contribution is 6.16. The number of aryl methyl sites for hydroxylation is 2. The fourth-order valence-electron chi connectivity index (χ4n) is 4.09. The third kappa shape index (κ3) is 4.51. The molecule has 2 nitrogen and oxygen atoms in total. The van der Waals surface area contributed by atoms with Crippen molar-refractivity contribution in [3.8, 4) is 0 Å². The molecule has 2 aliphatic rings. The number of rotatable bonds is 5. The van der Waals surface area contributed by atoms with E-state index in [1.165, 1.54) is 16.7 Å². The highest BCUT2D eigenvalue weighted by atomic mass is 16.5. The van der Waals surface area contributed by atoms with Gasteiger partial charge in [-0.2, -0.15) is 0 Å². The van der Waals surface area contributed by atoms with Crippen LogP contribution in [0.3, 0.4) is 0 Å². The Morgan fingerprint density at radius 2 is 1.39 bits per heavy atom. The van der Waals surface area contributed by atoms with E-state index in [0.29, 0.717) is 0 Å². The van der Waals surface area contributed by atoms with Gasteiger partial charge in [0.25, 0.3) is 0 Å². The quantitative estimate of drug-likeness (QED) is 0.403. The molecule has 0 radical (unpaired) electrons. The minimum atomic E-state index is 0.812. The second kappa shape index (κ2) is 9.30. The first-order chi connectivity index (χ1) is 16.2. The standard InChI is InChI=1S/C31H27NO/c1-3-22-9-13-24(14-10-22)27-19-28(18-17-26-21-32-30-8-6-5-7-29(26)30)33-31(20-27)25-15-11-23(4-2)12-16-25/h5-21H,3-4H2,1-2H3/b26-17+,28-18+. The molecule has 5 rings (SSSR count). The van der Waals surface area contributed by atoms with Crippen molar-refractivity contribution in [2.45, 2.75) is 26.7 Å². The molecule has 2 heterocycles. The predicted molar refractivity (Wildman–Crippen MR) is 139 cm³/mol. The summed E-state index contributed by atoms with van der Waals surface area (Å²) in [6, 6.07) is 25.6. The molecular formula is C31H27NO. The number of allylic oxidation sites excluding steroid dienone is 6. The van der Waals surface area contributed by atoms with Crippen LogP contribution < -0.4 is 0 Å². The highest BCUT2D eigenvalue weighted by Crippen LogP contribution is 2.34. The van der Waals surface area contributed by atoms with Gasteiger partial charge in [-0.3, -0.25) is 4.99 Å². The molecule has 0 aromatic heterocycles. The summed E-state index contributed by atoms with van der Waals surface area (Å²) in [5.74, 6) is 1.67. The Labute approximate surface area is 196 Å². The normalized spacial score (nSPS) is 17.0. The van der Waals surface area contributed by atoms with Crippen LogP contribution in [0.15, 0.2) is 108 Å². The number of nitrogens with zero attached hydrogens (tertiary/aromatic N) is 1. The first kappa shape index (κ1) is 21.0. The number of para-hydroxylation sites is 1. The molecule has 0 aliphatic carbocycles. The Morgan fingerprint density at radius 1 is 0.727 bits per heavy atom. The van der Waals surface area contributed by atoms with Gasteiger partial charge in [-0.15, -0.1) is 0 Å². The van der Waals surface area contributed by atoms with E-state index >= 15 is 0 Å². The van der Waals surface area contributed by atoms with Crippen molar-refractivity contribution < 1.29 is 4.74 Å². The third-order valence-electron chi connectivity index (χ3n) is 6.14. The molecule has 2 heteroatoms. The summed E-state index contributed by atoms with van der Waals surface area (Å²) in [6.07, 6.45) is 12.4. The Hall–Kier alpha value is -3.91. The lowest BCUT2D eigenvalue weighted by atomic mass is 9.98. The van der Waals surface area contributed by atoms with Gasteiger partial charge < -0.3 is 4.74 Å². The molecule has 0 N–H and O–H groups in total. The minimum absolute atomic E-state index is 0.812. The molecule has 0 saturated carbocycles. The third-order valence-corrected chi connectivity index (χ3v) is 6.14. The maximum atomic E-state index is 6.35. The molecule has 33 heavy (non-hydrogen) atoms. The van der Waals surface area contributed by atoms with Crippen LogP contribution in [-0.4, -0.2) is 6.21 Å². The molecule has 0 saturated heterocycles. The van der Waals surface area contributed by atoms with Gasteiger partial charge in [0, 0.05) is 22.9 Å².